The lowest BCUT2D eigenvalue weighted by Gasteiger charge is -2.38. The van der Waals surface area contributed by atoms with E-state index in [-0.39, 0.29) is 11.2 Å². The van der Waals surface area contributed by atoms with Crippen LogP contribution in [0.1, 0.15) is 43.9 Å². The van der Waals surface area contributed by atoms with Crippen LogP contribution >= 0.6 is 23.2 Å². The first-order chi connectivity index (χ1) is 14.7. The van der Waals surface area contributed by atoms with Crippen LogP contribution in [0.4, 0.5) is 5.95 Å². The van der Waals surface area contributed by atoms with Crippen molar-refractivity contribution in [2.75, 3.05) is 5.32 Å². The van der Waals surface area contributed by atoms with Crippen LogP contribution in [-0.4, -0.2) is 20.5 Å². The van der Waals surface area contributed by atoms with Crippen molar-refractivity contribution >= 4 is 34.9 Å². The second kappa shape index (κ2) is 7.21. The maximum Gasteiger partial charge on any atom is 0.226 e. The predicted octanol–water partition coefficient (Wildman–Crippen LogP) is 6.22. The Kier molecular flexibility index (Phi) is 4.72. The SMILES string of the molecule is Cc1cccc(-c2nc3n(n2)C(c2ccc(Cl)cc2Cl)C2=C(CC(C)(C)CC2=O)N3)c1. The number of hydrogen-bond acceptors (Lipinski definition) is 4. The van der Waals surface area contributed by atoms with Gasteiger partial charge in [0, 0.05) is 38.9 Å². The van der Waals surface area contributed by atoms with Crippen LogP contribution in [0.2, 0.25) is 10.0 Å². The molecule has 1 aromatic heterocycles. The molecule has 2 aromatic carbocycles. The van der Waals surface area contributed by atoms with Gasteiger partial charge in [0.05, 0.1) is 0 Å². The van der Waals surface area contributed by atoms with Gasteiger partial charge in [-0.3, -0.25) is 4.79 Å². The van der Waals surface area contributed by atoms with E-state index in [4.69, 9.17) is 33.3 Å². The average molecular weight is 453 g/mol. The number of benzene rings is 2. The van der Waals surface area contributed by atoms with E-state index in [1.54, 1.807) is 16.8 Å². The molecule has 5 rings (SSSR count). The number of anilines is 1. The van der Waals surface area contributed by atoms with Crippen molar-refractivity contribution in [1.29, 1.82) is 0 Å². The smallest absolute Gasteiger partial charge is 0.226 e. The molecular formula is C24H22Cl2N4O. The molecule has 0 saturated carbocycles. The normalized spacial score (nSPS) is 19.6. The number of nitrogens with one attached hydrogen (secondary N) is 1. The number of nitrogens with zero attached hydrogens (tertiary/aromatic N) is 3. The Bertz CT molecular complexity index is 1260. The fourth-order valence-corrected chi connectivity index (χ4v) is 5.04. The van der Waals surface area contributed by atoms with E-state index in [1.165, 1.54) is 0 Å². The van der Waals surface area contributed by atoms with Crippen LogP contribution in [0.3, 0.4) is 0 Å². The molecule has 31 heavy (non-hydrogen) atoms. The van der Waals surface area contributed by atoms with Gasteiger partial charge in [0.25, 0.3) is 0 Å². The van der Waals surface area contributed by atoms with E-state index in [9.17, 15) is 4.79 Å². The lowest BCUT2D eigenvalue weighted by molar-refractivity contribution is -0.118. The highest BCUT2D eigenvalue weighted by Crippen LogP contribution is 2.47. The number of allylic oxidation sites excluding steroid dienone is 2. The summed E-state index contributed by atoms with van der Waals surface area (Å²) in [7, 11) is 0. The molecule has 0 saturated heterocycles. The lowest BCUT2D eigenvalue weighted by atomic mass is 9.73. The summed E-state index contributed by atoms with van der Waals surface area (Å²) in [4.78, 5) is 18.1. The number of ketones is 1. The van der Waals surface area contributed by atoms with Gasteiger partial charge in [0.1, 0.15) is 6.04 Å². The summed E-state index contributed by atoms with van der Waals surface area (Å²) in [6.07, 6.45) is 1.23. The Morgan fingerprint density at radius 2 is 1.94 bits per heavy atom. The average Bonchev–Trinajstić information content (AvgIpc) is 3.09. The summed E-state index contributed by atoms with van der Waals surface area (Å²) in [6, 6.07) is 13.0. The summed E-state index contributed by atoms with van der Waals surface area (Å²) in [5, 5.41) is 9.26. The zero-order valence-electron chi connectivity index (χ0n) is 17.5. The molecule has 7 heteroatoms. The van der Waals surface area contributed by atoms with E-state index in [1.807, 2.05) is 37.3 Å². The minimum Gasteiger partial charge on any atom is -0.328 e. The topological polar surface area (TPSA) is 59.8 Å². The van der Waals surface area contributed by atoms with E-state index in [0.29, 0.717) is 33.8 Å². The summed E-state index contributed by atoms with van der Waals surface area (Å²) >= 11 is 12.8. The molecule has 1 atom stereocenters. The van der Waals surface area contributed by atoms with Gasteiger partial charge >= 0.3 is 0 Å². The number of fused-ring (bicyclic) bond motifs is 1. The largest absolute Gasteiger partial charge is 0.328 e. The molecule has 2 aliphatic rings. The van der Waals surface area contributed by atoms with E-state index in [0.717, 1.165) is 28.8 Å². The van der Waals surface area contributed by atoms with Gasteiger partial charge in [0.2, 0.25) is 5.95 Å². The van der Waals surface area contributed by atoms with Crippen molar-refractivity contribution in [2.45, 2.75) is 39.7 Å². The number of halogens is 2. The monoisotopic (exact) mass is 452 g/mol. The molecule has 0 bridgehead atoms. The summed E-state index contributed by atoms with van der Waals surface area (Å²) < 4.78 is 1.78. The molecule has 1 unspecified atom stereocenters. The number of aromatic nitrogens is 3. The molecule has 1 aliphatic heterocycles. The van der Waals surface area contributed by atoms with Crippen molar-refractivity contribution in [3.05, 3.63) is 74.9 Å². The Balaban J connectivity index is 1.71. The highest BCUT2D eigenvalue weighted by atomic mass is 35.5. The highest BCUT2D eigenvalue weighted by molar-refractivity contribution is 6.35. The van der Waals surface area contributed by atoms with Crippen molar-refractivity contribution in [3.8, 4) is 11.4 Å². The first kappa shape index (κ1) is 20.3. The molecule has 0 fully saturated rings. The van der Waals surface area contributed by atoms with Gasteiger partial charge in [-0.25, -0.2) is 4.68 Å². The van der Waals surface area contributed by atoms with Crippen molar-refractivity contribution < 1.29 is 4.79 Å². The van der Waals surface area contributed by atoms with Gasteiger partial charge in [-0.1, -0.05) is 66.9 Å². The molecule has 5 nitrogen and oxygen atoms in total. The van der Waals surface area contributed by atoms with Gasteiger partial charge < -0.3 is 5.32 Å². The fourth-order valence-electron chi connectivity index (χ4n) is 4.53. The van der Waals surface area contributed by atoms with Gasteiger partial charge in [-0.05, 0) is 37.0 Å². The molecule has 1 aliphatic carbocycles. The van der Waals surface area contributed by atoms with Crippen molar-refractivity contribution in [3.63, 3.8) is 0 Å². The molecule has 158 valence electrons. The van der Waals surface area contributed by atoms with Crippen molar-refractivity contribution in [2.24, 2.45) is 5.41 Å². The number of carbonyl (C=O) groups excluding carboxylic acids is 1. The third kappa shape index (κ3) is 3.56. The van der Waals surface area contributed by atoms with Crippen LogP contribution in [-0.2, 0) is 4.79 Å². The Morgan fingerprint density at radius 3 is 2.68 bits per heavy atom. The maximum absolute atomic E-state index is 13.3. The predicted molar refractivity (Wildman–Crippen MR) is 123 cm³/mol. The van der Waals surface area contributed by atoms with Crippen LogP contribution in [0, 0.1) is 12.3 Å². The molecular weight excluding hydrogens is 431 g/mol. The second-order valence-electron chi connectivity index (χ2n) is 9.10. The first-order valence-electron chi connectivity index (χ1n) is 10.2. The molecule has 0 radical (unpaired) electrons. The standard InChI is InChI=1S/C24H22Cl2N4O/c1-13-5-4-6-14(9-13)22-28-23-27-18-11-24(2,3)12-19(31)20(18)21(30(23)29-22)16-8-7-15(25)10-17(16)26/h4-10,21H,11-12H2,1-3H3,(H,27,28,29). The minimum absolute atomic E-state index is 0.105. The third-order valence-electron chi connectivity index (χ3n) is 5.87. The van der Waals surface area contributed by atoms with Crippen LogP contribution < -0.4 is 5.32 Å². The van der Waals surface area contributed by atoms with Crippen LogP contribution in [0.5, 0.6) is 0 Å². The lowest BCUT2D eigenvalue weighted by Crippen LogP contribution is -2.36. The second-order valence-corrected chi connectivity index (χ2v) is 9.94. The number of carbonyl (C=O) groups is 1. The van der Waals surface area contributed by atoms with E-state index >= 15 is 0 Å². The molecule has 3 aromatic rings. The zero-order chi connectivity index (χ0) is 21.9. The van der Waals surface area contributed by atoms with Crippen LogP contribution in [0.25, 0.3) is 11.4 Å². The molecule has 0 amide bonds. The first-order valence-corrected chi connectivity index (χ1v) is 11.0. The number of aryl methyl sites for hydroxylation is 1. The number of hydrogen-bond donors (Lipinski definition) is 1. The summed E-state index contributed by atoms with van der Waals surface area (Å²) in [5.74, 6) is 1.32. The summed E-state index contributed by atoms with van der Waals surface area (Å²) in [6.45, 7) is 6.26. The van der Waals surface area contributed by atoms with E-state index in [2.05, 4.69) is 19.2 Å². The van der Waals surface area contributed by atoms with Gasteiger partial charge in [-0.15, -0.1) is 5.10 Å². The minimum atomic E-state index is -0.453. The van der Waals surface area contributed by atoms with Gasteiger partial charge in [-0.2, -0.15) is 4.98 Å². The maximum atomic E-state index is 13.3. The summed E-state index contributed by atoms with van der Waals surface area (Å²) in [5.41, 5.74) is 4.32. The molecule has 0 spiro atoms. The van der Waals surface area contributed by atoms with Crippen LogP contribution in [0.15, 0.2) is 53.7 Å². The number of rotatable bonds is 2. The highest BCUT2D eigenvalue weighted by Gasteiger charge is 2.42. The molecule has 2 heterocycles. The fraction of sp³-hybridized carbons (Fsp3) is 0.292. The quantitative estimate of drug-likeness (QED) is 0.501. The Morgan fingerprint density at radius 1 is 1.13 bits per heavy atom. The van der Waals surface area contributed by atoms with E-state index < -0.39 is 6.04 Å². The Labute approximate surface area is 191 Å². The van der Waals surface area contributed by atoms with Crippen molar-refractivity contribution in [1.82, 2.24) is 14.8 Å². The zero-order valence-corrected chi connectivity index (χ0v) is 19.1. The third-order valence-corrected chi connectivity index (χ3v) is 6.43. The molecule has 1 N–H and O–H groups in total. The number of Topliss-reactive ketones (excluding diaryl/α,β-unsaturated/α-hetero) is 1. The Hall–Kier alpha value is -2.63. The van der Waals surface area contributed by atoms with Gasteiger partial charge in [0.15, 0.2) is 11.6 Å².